The van der Waals surface area contributed by atoms with E-state index in [1.807, 2.05) is 18.2 Å². The summed E-state index contributed by atoms with van der Waals surface area (Å²) in [7, 11) is -1.56. The molecule has 2 unspecified atom stereocenters. The normalized spacial score (nSPS) is 25.8. The third-order valence-electron chi connectivity index (χ3n) is 3.43. The van der Waals surface area contributed by atoms with Crippen molar-refractivity contribution in [3.8, 4) is 5.75 Å². The molecule has 1 aliphatic rings. The molecule has 5 heteroatoms. The minimum atomic E-state index is -3.10. The lowest BCUT2D eigenvalue weighted by molar-refractivity contribution is 0.404. The van der Waals surface area contributed by atoms with Gasteiger partial charge in [0, 0.05) is 11.6 Å². The van der Waals surface area contributed by atoms with Crippen molar-refractivity contribution >= 4 is 9.84 Å². The van der Waals surface area contributed by atoms with E-state index in [1.54, 1.807) is 7.11 Å². The molecule has 2 N–H and O–H groups in total. The minimum Gasteiger partial charge on any atom is -0.496 e. The van der Waals surface area contributed by atoms with Gasteiger partial charge in [0.05, 0.1) is 12.9 Å². The summed E-state index contributed by atoms with van der Waals surface area (Å²) in [6, 6.07) is 5.37. The zero-order valence-corrected chi connectivity index (χ0v) is 11.7. The maximum atomic E-state index is 11.8. The second kappa shape index (κ2) is 4.55. The van der Waals surface area contributed by atoms with Crippen LogP contribution in [0.1, 0.15) is 36.1 Å². The van der Waals surface area contributed by atoms with Gasteiger partial charge in [-0.25, -0.2) is 8.42 Å². The van der Waals surface area contributed by atoms with Gasteiger partial charge in [-0.15, -0.1) is 0 Å². The smallest absolute Gasteiger partial charge is 0.160 e. The maximum Gasteiger partial charge on any atom is 0.160 e. The summed E-state index contributed by atoms with van der Waals surface area (Å²) >= 11 is 0. The molecule has 1 aromatic carbocycles. The number of hydrogen-bond acceptors (Lipinski definition) is 4. The average molecular weight is 269 g/mol. The van der Waals surface area contributed by atoms with E-state index < -0.39 is 15.1 Å². The van der Waals surface area contributed by atoms with Crippen LogP contribution in [0.5, 0.6) is 5.75 Å². The molecule has 2 rings (SSSR count). The molecule has 100 valence electrons. The number of sulfone groups is 1. The summed E-state index contributed by atoms with van der Waals surface area (Å²) in [5, 5.41) is -0.619. The Morgan fingerprint density at radius 1 is 1.39 bits per heavy atom. The first-order valence-corrected chi connectivity index (χ1v) is 7.73. The largest absolute Gasteiger partial charge is 0.496 e. The van der Waals surface area contributed by atoms with E-state index in [0.717, 1.165) is 5.56 Å². The summed E-state index contributed by atoms with van der Waals surface area (Å²) in [6.45, 7) is 4.14. The monoisotopic (exact) mass is 269 g/mol. The molecule has 1 fully saturated rings. The first-order chi connectivity index (χ1) is 8.36. The van der Waals surface area contributed by atoms with Gasteiger partial charge in [-0.1, -0.05) is 26.0 Å². The second-order valence-electron chi connectivity index (χ2n) is 5.07. The standard InChI is InChI=1S/C13H19NO3S/c1-8(2)9-4-5-12(17-3)10(6-9)13-11(14)7-18(13,15)16/h4-6,8,11,13H,7,14H2,1-3H3. The van der Waals surface area contributed by atoms with Crippen LogP contribution in [0.4, 0.5) is 0 Å². The highest BCUT2D eigenvalue weighted by atomic mass is 32.2. The molecule has 1 aliphatic heterocycles. The van der Waals surface area contributed by atoms with Crippen molar-refractivity contribution in [2.75, 3.05) is 12.9 Å². The van der Waals surface area contributed by atoms with E-state index in [-0.39, 0.29) is 11.8 Å². The van der Waals surface area contributed by atoms with Crippen LogP contribution < -0.4 is 10.5 Å². The van der Waals surface area contributed by atoms with Crippen molar-refractivity contribution in [2.24, 2.45) is 5.73 Å². The van der Waals surface area contributed by atoms with Crippen LogP contribution in [0.15, 0.2) is 18.2 Å². The molecule has 4 nitrogen and oxygen atoms in total. The van der Waals surface area contributed by atoms with Crippen molar-refractivity contribution in [3.63, 3.8) is 0 Å². The average Bonchev–Trinajstić information content (AvgIpc) is 2.27. The van der Waals surface area contributed by atoms with Gasteiger partial charge in [0.25, 0.3) is 0 Å². The lowest BCUT2D eigenvalue weighted by Gasteiger charge is -2.34. The van der Waals surface area contributed by atoms with Crippen LogP contribution in [-0.2, 0) is 9.84 Å². The predicted molar refractivity (Wildman–Crippen MR) is 71.6 cm³/mol. The van der Waals surface area contributed by atoms with E-state index >= 15 is 0 Å². The number of hydrogen-bond donors (Lipinski definition) is 1. The first kappa shape index (κ1) is 13.4. The molecule has 1 saturated heterocycles. The highest BCUT2D eigenvalue weighted by molar-refractivity contribution is 7.93. The summed E-state index contributed by atoms with van der Waals surface area (Å²) in [5.41, 5.74) is 7.64. The van der Waals surface area contributed by atoms with Crippen molar-refractivity contribution in [1.29, 1.82) is 0 Å². The van der Waals surface area contributed by atoms with Crippen molar-refractivity contribution < 1.29 is 13.2 Å². The van der Waals surface area contributed by atoms with Crippen molar-refractivity contribution in [1.82, 2.24) is 0 Å². The molecule has 2 atom stereocenters. The van der Waals surface area contributed by atoms with E-state index in [0.29, 0.717) is 17.2 Å². The predicted octanol–water partition coefficient (Wildman–Crippen LogP) is 1.62. The van der Waals surface area contributed by atoms with Crippen LogP contribution in [-0.4, -0.2) is 27.3 Å². The second-order valence-corrected chi connectivity index (χ2v) is 7.24. The Bertz CT molecular complexity index is 551. The van der Waals surface area contributed by atoms with Crippen LogP contribution in [0, 0.1) is 0 Å². The Kier molecular flexibility index (Phi) is 3.38. The molecule has 1 aromatic rings. The van der Waals surface area contributed by atoms with Crippen molar-refractivity contribution in [2.45, 2.75) is 31.1 Å². The first-order valence-electron chi connectivity index (χ1n) is 6.02. The lowest BCUT2D eigenvalue weighted by Crippen LogP contribution is -2.50. The third kappa shape index (κ3) is 2.12. The van der Waals surface area contributed by atoms with Gasteiger partial charge in [-0.2, -0.15) is 0 Å². The molecule has 0 saturated carbocycles. The molecule has 18 heavy (non-hydrogen) atoms. The Labute approximate surface area is 108 Å². The number of rotatable bonds is 3. The molecular weight excluding hydrogens is 250 g/mol. The zero-order valence-electron chi connectivity index (χ0n) is 10.9. The van der Waals surface area contributed by atoms with Crippen LogP contribution in [0.2, 0.25) is 0 Å². The SMILES string of the molecule is COc1ccc(C(C)C)cc1C1C(N)CS1(=O)=O. The maximum absolute atomic E-state index is 11.8. The van der Waals surface area contributed by atoms with Gasteiger partial charge in [0.1, 0.15) is 11.0 Å². The fraction of sp³-hybridized carbons (Fsp3) is 0.538. The van der Waals surface area contributed by atoms with Crippen molar-refractivity contribution in [3.05, 3.63) is 29.3 Å². The van der Waals surface area contributed by atoms with E-state index in [9.17, 15) is 8.42 Å². The fourth-order valence-corrected chi connectivity index (χ4v) is 4.14. The summed E-state index contributed by atoms with van der Waals surface area (Å²) < 4.78 is 28.9. The molecule has 0 bridgehead atoms. The third-order valence-corrected chi connectivity index (χ3v) is 5.65. The van der Waals surface area contributed by atoms with E-state index in [1.165, 1.54) is 0 Å². The topological polar surface area (TPSA) is 69.4 Å². The Hall–Kier alpha value is -1.07. The summed E-state index contributed by atoms with van der Waals surface area (Å²) in [6.07, 6.45) is 0. The summed E-state index contributed by atoms with van der Waals surface area (Å²) in [5.74, 6) is 1.00. The number of ether oxygens (including phenoxy) is 1. The van der Waals surface area contributed by atoms with Gasteiger partial charge in [-0.3, -0.25) is 0 Å². The van der Waals surface area contributed by atoms with Crippen LogP contribution in [0.3, 0.4) is 0 Å². The molecule has 0 amide bonds. The lowest BCUT2D eigenvalue weighted by atomic mass is 9.96. The Balaban J connectivity index is 2.51. The number of nitrogens with two attached hydrogens (primary N) is 1. The van der Waals surface area contributed by atoms with E-state index in [4.69, 9.17) is 10.5 Å². The zero-order chi connectivity index (χ0) is 13.5. The van der Waals surface area contributed by atoms with Crippen LogP contribution >= 0.6 is 0 Å². The number of benzene rings is 1. The van der Waals surface area contributed by atoms with Gasteiger partial charge in [0.15, 0.2) is 9.84 Å². The summed E-state index contributed by atoms with van der Waals surface area (Å²) in [4.78, 5) is 0. The van der Waals surface area contributed by atoms with Gasteiger partial charge < -0.3 is 10.5 Å². The van der Waals surface area contributed by atoms with Crippen LogP contribution in [0.25, 0.3) is 0 Å². The molecular formula is C13H19NO3S. The highest BCUT2D eigenvalue weighted by Gasteiger charge is 2.46. The van der Waals surface area contributed by atoms with E-state index in [2.05, 4.69) is 13.8 Å². The van der Waals surface area contributed by atoms with Gasteiger partial charge in [0.2, 0.25) is 0 Å². The number of methoxy groups -OCH3 is 1. The van der Waals surface area contributed by atoms with Gasteiger partial charge in [-0.05, 0) is 17.5 Å². The molecule has 1 heterocycles. The highest BCUT2D eigenvalue weighted by Crippen LogP contribution is 2.41. The molecule has 0 aromatic heterocycles. The quantitative estimate of drug-likeness (QED) is 0.905. The molecule has 0 aliphatic carbocycles. The fourth-order valence-electron chi connectivity index (χ4n) is 2.36. The minimum absolute atomic E-state index is 0.0622. The Morgan fingerprint density at radius 2 is 2.06 bits per heavy atom. The Morgan fingerprint density at radius 3 is 2.50 bits per heavy atom. The molecule has 0 spiro atoms. The van der Waals surface area contributed by atoms with Gasteiger partial charge >= 0.3 is 0 Å². The molecule has 0 radical (unpaired) electrons.